The van der Waals surface area contributed by atoms with Gasteiger partial charge in [0.1, 0.15) is 6.61 Å². The number of fused-ring (bicyclic) bond motifs is 1. The monoisotopic (exact) mass is 292 g/mol. The molecule has 0 saturated carbocycles. The van der Waals surface area contributed by atoms with Crippen LogP contribution in [0.5, 0.6) is 0 Å². The van der Waals surface area contributed by atoms with Crippen LogP contribution in [0.1, 0.15) is 34.9 Å². The molecule has 0 bridgehead atoms. The fraction of sp³-hybridized carbons (Fsp3) is 0.571. The van der Waals surface area contributed by atoms with Crippen molar-refractivity contribution in [1.82, 2.24) is 0 Å². The highest BCUT2D eigenvalue weighted by Gasteiger charge is 2.28. The molecule has 1 aliphatic carbocycles. The maximum atomic E-state index is 12.0. The molecule has 0 amide bonds. The molecule has 1 aromatic rings. The first-order valence-electron chi connectivity index (χ1n) is 6.36. The average molecular weight is 293 g/mol. The molecule has 1 unspecified atom stereocenters. The Bertz CT molecular complexity index is 431. The van der Waals surface area contributed by atoms with Crippen molar-refractivity contribution in [2.75, 3.05) is 13.2 Å². The lowest BCUT2D eigenvalue weighted by Crippen LogP contribution is -2.18. The van der Waals surface area contributed by atoms with E-state index in [1.807, 2.05) is 18.2 Å². The summed E-state index contributed by atoms with van der Waals surface area (Å²) in [5, 5.41) is -0.533. The molecule has 0 radical (unpaired) electrons. The number of hydrogen-bond donors (Lipinski definition) is 0. The summed E-state index contributed by atoms with van der Waals surface area (Å²) in [6.45, 7) is -1.37. The standard InChI is InChI=1S/C14H16ClF3O/c15-13(8-19-9-14(16,17)18)12-6-5-10-3-1-2-4-11(10)7-12/h5-7,13H,1-4,8-9H2. The molecule has 1 aliphatic rings. The Hall–Kier alpha value is -0.740. The van der Waals surface area contributed by atoms with Gasteiger partial charge in [-0.15, -0.1) is 11.6 Å². The van der Waals surface area contributed by atoms with Crippen LogP contribution in [0.3, 0.4) is 0 Å². The van der Waals surface area contributed by atoms with Gasteiger partial charge in [0.25, 0.3) is 0 Å². The van der Waals surface area contributed by atoms with Crippen LogP contribution < -0.4 is 0 Å². The average Bonchev–Trinajstić information content (AvgIpc) is 2.36. The molecule has 0 spiro atoms. The molecular formula is C14H16ClF3O. The van der Waals surface area contributed by atoms with Gasteiger partial charge in [-0.05, 0) is 42.4 Å². The first-order valence-corrected chi connectivity index (χ1v) is 6.79. The number of benzene rings is 1. The molecular weight excluding hydrogens is 277 g/mol. The summed E-state index contributed by atoms with van der Waals surface area (Å²) in [7, 11) is 0. The van der Waals surface area contributed by atoms with Gasteiger partial charge in [-0.1, -0.05) is 18.2 Å². The van der Waals surface area contributed by atoms with Crippen molar-refractivity contribution in [2.45, 2.75) is 37.2 Å². The van der Waals surface area contributed by atoms with Crippen molar-refractivity contribution in [3.05, 3.63) is 34.9 Å². The Morgan fingerprint density at radius 1 is 1.16 bits per heavy atom. The Morgan fingerprint density at radius 3 is 2.53 bits per heavy atom. The Kier molecular flexibility index (Phi) is 4.74. The summed E-state index contributed by atoms with van der Waals surface area (Å²) in [5.41, 5.74) is 3.43. The van der Waals surface area contributed by atoms with E-state index in [1.165, 1.54) is 17.5 Å². The molecule has 0 saturated heterocycles. The van der Waals surface area contributed by atoms with Gasteiger partial charge in [0.2, 0.25) is 0 Å². The maximum absolute atomic E-state index is 12.0. The van der Waals surface area contributed by atoms with Gasteiger partial charge in [-0.25, -0.2) is 0 Å². The van der Waals surface area contributed by atoms with E-state index in [-0.39, 0.29) is 6.61 Å². The van der Waals surface area contributed by atoms with Gasteiger partial charge >= 0.3 is 6.18 Å². The lowest BCUT2D eigenvalue weighted by atomic mass is 9.90. The van der Waals surface area contributed by atoms with Crippen LogP contribution in [0.15, 0.2) is 18.2 Å². The summed E-state index contributed by atoms with van der Waals surface area (Å²) in [4.78, 5) is 0. The van der Waals surface area contributed by atoms with Gasteiger partial charge in [-0.2, -0.15) is 13.2 Å². The third-order valence-electron chi connectivity index (χ3n) is 3.26. The van der Waals surface area contributed by atoms with Crippen molar-refractivity contribution in [3.8, 4) is 0 Å². The highest BCUT2D eigenvalue weighted by molar-refractivity contribution is 6.20. The number of halogens is 4. The Balaban J connectivity index is 1.94. The Morgan fingerprint density at radius 2 is 1.84 bits per heavy atom. The zero-order valence-electron chi connectivity index (χ0n) is 10.5. The van der Waals surface area contributed by atoms with Crippen LogP contribution in [0.25, 0.3) is 0 Å². The first-order chi connectivity index (χ1) is 8.96. The fourth-order valence-corrected chi connectivity index (χ4v) is 2.55. The van der Waals surface area contributed by atoms with E-state index >= 15 is 0 Å². The van der Waals surface area contributed by atoms with Gasteiger partial charge in [0.15, 0.2) is 0 Å². The second-order valence-electron chi connectivity index (χ2n) is 4.83. The molecule has 5 heteroatoms. The van der Waals surface area contributed by atoms with Gasteiger partial charge in [0.05, 0.1) is 12.0 Å². The summed E-state index contributed by atoms with van der Waals surface area (Å²) in [5.74, 6) is 0. The minimum atomic E-state index is -4.30. The van der Waals surface area contributed by atoms with Crippen molar-refractivity contribution in [1.29, 1.82) is 0 Å². The molecule has 0 fully saturated rings. The summed E-state index contributed by atoms with van der Waals surface area (Å²) < 4.78 is 40.5. The molecule has 2 rings (SSSR count). The second kappa shape index (κ2) is 6.14. The smallest absolute Gasteiger partial charge is 0.370 e. The fourth-order valence-electron chi connectivity index (χ4n) is 2.32. The van der Waals surface area contributed by atoms with E-state index in [9.17, 15) is 13.2 Å². The van der Waals surface area contributed by atoms with E-state index < -0.39 is 18.2 Å². The number of alkyl halides is 4. The van der Waals surface area contributed by atoms with E-state index in [2.05, 4.69) is 4.74 Å². The quantitative estimate of drug-likeness (QED) is 0.746. The van der Waals surface area contributed by atoms with Crippen molar-refractivity contribution in [2.24, 2.45) is 0 Å². The van der Waals surface area contributed by atoms with Gasteiger partial charge in [0, 0.05) is 0 Å². The number of rotatable bonds is 4. The third-order valence-corrected chi connectivity index (χ3v) is 3.64. The van der Waals surface area contributed by atoms with Crippen LogP contribution >= 0.6 is 11.6 Å². The SMILES string of the molecule is FC(F)(F)COCC(Cl)c1ccc2c(c1)CCCC2. The maximum Gasteiger partial charge on any atom is 0.411 e. The number of ether oxygens (including phenoxy) is 1. The third kappa shape index (κ3) is 4.39. The molecule has 0 aliphatic heterocycles. The summed E-state index contributed by atoms with van der Waals surface area (Å²) in [6, 6.07) is 5.92. The van der Waals surface area contributed by atoms with E-state index in [0.29, 0.717) is 0 Å². The molecule has 106 valence electrons. The van der Waals surface area contributed by atoms with Crippen molar-refractivity contribution < 1.29 is 17.9 Å². The van der Waals surface area contributed by atoms with Crippen molar-refractivity contribution >= 4 is 11.6 Å². The molecule has 1 atom stereocenters. The molecule has 1 nitrogen and oxygen atoms in total. The molecule has 0 aromatic heterocycles. The van der Waals surface area contributed by atoms with Crippen LogP contribution in [-0.4, -0.2) is 19.4 Å². The molecule has 19 heavy (non-hydrogen) atoms. The number of hydrogen-bond acceptors (Lipinski definition) is 1. The summed E-state index contributed by atoms with van der Waals surface area (Å²) in [6.07, 6.45) is 0.162. The Labute approximate surface area is 115 Å². The van der Waals surface area contributed by atoms with Crippen molar-refractivity contribution in [3.63, 3.8) is 0 Å². The summed E-state index contributed by atoms with van der Waals surface area (Å²) >= 11 is 6.09. The predicted octanol–water partition coefficient (Wildman–Crippen LogP) is 4.42. The topological polar surface area (TPSA) is 9.23 Å². The largest absolute Gasteiger partial charge is 0.411 e. The van der Waals surface area contributed by atoms with Gasteiger partial charge < -0.3 is 4.74 Å². The lowest BCUT2D eigenvalue weighted by Gasteiger charge is -2.18. The molecule has 0 heterocycles. The first kappa shape index (κ1) is 14.7. The molecule has 0 N–H and O–H groups in total. The predicted molar refractivity (Wildman–Crippen MR) is 68.6 cm³/mol. The zero-order chi connectivity index (χ0) is 13.9. The number of aryl methyl sites for hydroxylation is 2. The van der Waals surface area contributed by atoms with E-state index in [1.54, 1.807) is 0 Å². The van der Waals surface area contributed by atoms with Crippen LogP contribution in [-0.2, 0) is 17.6 Å². The lowest BCUT2D eigenvalue weighted by molar-refractivity contribution is -0.173. The minimum absolute atomic E-state index is 0.125. The highest BCUT2D eigenvalue weighted by Crippen LogP contribution is 2.28. The van der Waals surface area contributed by atoms with E-state index in [0.717, 1.165) is 24.8 Å². The normalized spacial score (nSPS) is 17.1. The van der Waals surface area contributed by atoms with Crippen LogP contribution in [0.4, 0.5) is 13.2 Å². The zero-order valence-corrected chi connectivity index (χ0v) is 11.2. The van der Waals surface area contributed by atoms with Crippen LogP contribution in [0, 0.1) is 0 Å². The second-order valence-corrected chi connectivity index (χ2v) is 5.36. The van der Waals surface area contributed by atoms with Gasteiger partial charge in [-0.3, -0.25) is 0 Å². The molecule has 1 aromatic carbocycles. The van der Waals surface area contributed by atoms with E-state index in [4.69, 9.17) is 11.6 Å². The minimum Gasteiger partial charge on any atom is -0.370 e. The van der Waals surface area contributed by atoms with Crippen LogP contribution in [0.2, 0.25) is 0 Å². The highest BCUT2D eigenvalue weighted by atomic mass is 35.5.